The van der Waals surface area contributed by atoms with Gasteiger partial charge in [0.2, 0.25) is 0 Å². The molecule has 1 heterocycles. The summed E-state index contributed by atoms with van der Waals surface area (Å²) in [6, 6.07) is 15.0. The van der Waals surface area contributed by atoms with E-state index in [2.05, 4.69) is 0 Å². The molecule has 4 nitrogen and oxygen atoms in total. The Hall–Kier alpha value is -3.01. The predicted molar refractivity (Wildman–Crippen MR) is 88.0 cm³/mol. The number of esters is 1. The molecule has 4 heteroatoms. The fourth-order valence-corrected chi connectivity index (χ4v) is 2.35. The average molecular weight is 308 g/mol. The highest BCUT2D eigenvalue weighted by molar-refractivity contribution is 6.05. The molecule has 0 aliphatic carbocycles. The summed E-state index contributed by atoms with van der Waals surface area (Å²) in [5, 5.41) is 0. The maximum absolute atomic E-state index is 12.0. The normalized spacial score (nSPS) is 15.3. The highest BCUT2D eigenvalue weighted by atomic mass is 16.5. The van der Waals surface area contributed by atoms with Crippen molar-refractivity contribution in [3.63, 3.8) is 0 Å². The molecule has 3 rings (SSSR count). The van der Waals surface area contributed by atoms with Crippen LogP contribution in [0.25, 0.3) is 11.8 Å². The summed E-state index contributed by atoms with van der Waals surface area (Å²) in [5.74, 6) is 1.35. The second kappa shape index (κ2) is 6.40. The number of hydrogen-bond acceptors (Lipinski definition) is 4. The zero-order chi connectivity index (χ0) is 16.2. The molecule has 0 radical (unpaired) electrons. The van der Waals surface area contributed by atoms with Crippen molar-refractivity contribution in [3.05, 3.63) is 71.3 Å². The van der Waals surface area contributed by atoms with E-state index < -0.39 is 0 Å². The molecule has 1 aliphatic heterocycles. The van der Waals surface area contributed by atoms with Gasteiger partial charge in [-0.15, -0.1) is 0 Å². The van der Waals surface area contributed by atoms with Crippen molar-refractivity contribution in [2.75, 3.05) is 14.2 Å². The standard InChI is InChI=1S/C19H16O4/c1-21-16-9-8-14(11-18(16)22-2)17-12-15(19(20)23-17)10-13-6-4-3-5-7-13/h3-12H,1-2H3/b15-10+. The third-order valence-corrected chi connectivity index (χ3v) is 3.51. The molecule has 0 atom stereocenters. The number of ether oxygens (including phenoxy) is 3. The van der Waals surface area contributed by atoms with E-state index in [0.717, 1.165) is 11.1 Å². The largest absolute Gasteiger partial charge is 0.493 e. The minimum atomic E-state index is -0.362. The molecule has 0 spiro atoms. The van der Waals surface area contributed by atoms with Crippen molar-refractivity contribution in [2.45, 2.75) is 0 Å². The monoisotopic (exact) mass is 308 g/mol. The quantitative estimate of drug-likeness (QED) is 0.638. The van der Waals surface area contributed by atoms with Crippen LogP contribution in [0.1, 0.15) is 11.1 Å². The zero-order valence-corrected chi connectivity index (χ0v) is 12.9. The average Bonchev–Trinajstić information content (AvgIpc) is 2.96. The highest BCUT2D eigenvalue weighted by Crippen LogP contribution is 2.33. The summed E-state index contributed by atoms with van der Waals surface area (Å²) in [5.41, 5.74) is 2.22. The number of hydrogen-bond donors (Lipinski definition) is 0. The van der Waals surface area contributed by atoms with E-state index >= 15 is 0 Å². The van der Waals surface area contributed by atoms with Gasteiger partial charge < -0.3 is 14.2 Å². The maximum Gasteiger partial charge on any atom is 0.343 e. The minimum absolute atomic E-state index is 0.362. The Labute approximate surface area is 134 Å². The first-order valence-corrected chi connectivity index (χ1v) is 7.14. The number of carbonyl (C=O) groups is 1. The van der Waals surface area contributed by atoms with Gasteiger partial charge in [0.15, 0.2) is 11.5 Å². The van der Waals surface area contributed by atoms with E-state index in [1.807, 2.05) is 36.4 Å². The molecule has 2 aromatic rings. The van der Waals surface area contributed by atoms with E-state index in [1.165, 1.54) is 0 Å². The van der Waals surface area contributed by atoms with Crippen molar-refractivity contribution in [1.29, 1.82) is 0 Å². The van der Waals surface area contributed by atoms with Gasteiger partial charge in [-0.2, -0.15) is 0 Å². The number of cyclic esters (lactones) is 1. The molecule has 116 valence electrons. The lowest BCUT2D eigenvalue weighted by Gasteiger charge is -2.09. The SMILES string of the molecule is COc1ccc(C2=C/C(=C\c3ccccc3)C(=O)O2)cc1OC. The van der Waals surface area contributed by atoms with Crippen LogP contribution in [0.3, 0.4) is 0 Å². The van der Waals surface area contributed by atoms with Crippen LogP contribution in [0.5, 0.6) is 11.5 Å². The van der Waals surface area contributed by atoms with E-state index in [9.17, 15) is 4.79 Å². The number of benzene rings is 2. The second-order valence-electron chi connectivity index (χ2n) is 4.98. The lowest BCUT2D eigenvalue weighted by Crippen LogP contribution is -1.97. The first-order valence-electron chi connectivity index (χ1n) is 7.14. The maximum atomic E-state index is 12.0. The first-order chi connectivity index (χ1) is 11.2. The third-order valence-electron chi connectivity index (χ3n) is 3.51. The highest BCUT2D eigenvalue weighted by Gasteiger charge is 2.22. The molecule has 1 aliphatic rings. The number of rotatable bonds is 4. The molecule has 0 fully saturated rings. The minimum Gasteiger partial charge on any atom is -0.493 e. The summed E-state index contributed by atoms with van der Waals surface area (Å²) in [7, 11) is 3.14. The van der Waals surface area contributed by atoms with Crippen LogP contribution in [-0.4, -0.2) is 20.2 Å². The van der Waals surface area contributed by atoms with E-state index in [0.29, 0.717) is 22.8 Å². The topological polar surface area (TPSA) is 44.8 Å². The Balaban J connectivity index is 1.94. The van der Waals surface area contributed by atoms with Gasteiger partial charge in [-0.1, -0.05) is 30.3 Å². The predicted octanol–water partition coefficient (Wildman–Crippen LogP) is 3.69. The Kier molecular flexibility index (Phi) is 4.15. The molecule has 0 unspecified atom stereocenters. The van der Waals surface area contributed by atoms with Gasteiger partial charge in [0, 0.05) is 5.56 Å². The van der Waals surface area contributed by atoms with E-state index in [4.69, 9.17) is 14.2 Å². The molecule has 0 bridgehead atoms. The summed E-state index contributed by atoms with van der Waals surface area (Å²) in [6.45, 7) is 0. The Morgan fingerprint density at radius 2 is 1.70 bits per heavy atom. The molecule has 0 saturated heterocycles. The summed E-state index contributed by atoms with van der Waals surface area (Å²) in [4.78, 5) is 12.0. The van der Waals surface area contributed by atoms with Crippen molar-refractivity contribution in [2.24, 2.45) is 0 Å². The molecule has 23 heavy (non-hydrogen) atoms. The second-order valence-corrected chi connectivity index (χ2v) is 4.98. The van der Waals surface area contributed by atoms with Crippen LogP contribution in [0.4, 0.5) is 0 Å². The summed E-state index contributed by atoms with van der Waals surface area (Å²) < 4.78 is 15.9. The fraction of sp³-hybridized carbons (Fsp3) is 0.105. The number of carbonyl (C=O) groups excluding carboxylic acids is 1. The van der Waals surface area contributed by atoms with Gasteiger partial charge in [0.1, 0.15) is 5.76 Å². The van der Waals surface area contributed by atoms with Crippen molar-refractivity contribution in [3.8, 4) is 11.5 Å². The van der Waals surface area contributed by atoms with Gasteiger partial charge in [-0.05, 0) is 35.9 Å². The lowest BCUT2D eigenvalue weighted by molar-refractivity contribution is -0.130. The Bertz CT molecular complexity index is 788. The fourth-order valence-electron chi connectivity index (χ4n) is 2.35. The van der Waals surface area contributed by atoms with E-state index in [1.54, 1.807) is 38.5 Å². The molecular weight excluding hydrogens is 292 g/mol. The van der Waals surface area contributed by atoms with Crippen LogP contribution in [0, 0.1) is 0 Å². The van der Waals surface area contributed by atoms with Crippen LogP contribution >= 0.6 is 0 Å². The smallest absolute Gasteiger partial charge is 0.343 e. The number of methoxy groups -OCH3 is 2. The van der Waals surface area contributed by atoms with Crippen LogP contribution in [-0.2, 0) is 9.53 Å². The van der Waals surface area contributed by atoms with Gasteiger partial charge in [0.25, 0.3) is 0 Å². The van der Waals surface area contributed by atoms with Gasteiger partial charge >= 0.3 is 5.97 Å². The molecule has 0 amide bonds. The molecule has 0 saturated carbocycles. The molecule has 2 aromatic carbocycles. The van der Waals surface area contributed by atoms with Crippen LogP contribution in [0.15, 0.2) is 60.2 Å². The molecule has 0 N–H and O–H groups in total. The summed E-state index contributed by atoms with van der Waals surface area (Å²) >= 11 is 0. The van der Waals surface area contributed by atoms with Gasteiger partial charge in [-0.25, -0.2) is 4.79 Å². The van der Waals surface area contributed by atoms with Crippen molar-refractivity contribution < 1.29 is 19.0 Å². The zero-order valence-electron chi connectivity index (χ0n) is 12.9. The molecule has 0 aromatic heterocycles. The third kappa shape index (κ3) is 3.11. The van der Waals surface area contributed by atoms with Crippen molar-refractivity contribution in [1.82, 2.24) is 0 Å². The Morgan fingerprint density at radius 1 is 0.957 bits per heavy atom. The summed E-state index contributed by atoms with van der Waals surface area (Å²) in [6.07, 6.45) is 3.53. The van der Waals surface area contributed by atoms with Crippen molar-refractivity contribution >= 4 is 17.8 Å². The lowest BCUT2D eigenvalue weighted by atomic mass is 10.1. The van der Waals surface area contributed by atoms with E-state index in [-0.39, 0.29) is 5.97 Å². The first kappa shape index (κ1) is 14.9. The van der Waals surface area contributed by atoms with Gasteiger partial charge in [-0.3, -0.25) is 0 Å². The Morgan fingerprint density at radius 3 is 2.39 bits per heavy atom. The van der Waals surface area contributed by atoms with Crippen LogP contribution in [0.2, 0.25) is 0 Å². The molecular formula is C19H16O4. The van der Waals surface area contributed by atoms with Crippen LogP contribution < -0.4 is 9.47 Å². The van der Waals surface area contributed by atoms with Gasteiger partial charge in [0.05, 0.1) is 19.8 Å².